The summed E-state index contributed by atoms with van der Waals surface area (Å²) < 4.78 is 33.6. The molecule has 1 atom stereocenters. The van der Waals surface area contributed by atoms with E-state index in [2.05, 4.69) is 15.4 Å². The minimum Gasteiger partial charge on any atom is -0.454 e. The van der Waals surface area contributed by atoms with Crippen LogP contribution in [0, 0.1) is 0 Å². The molecule has 7 nitrogen and oxygen atoms in total. The van der Waals surface area contributed by atoms with Gasteiger partial charge in [-0.1, -0.05) is 12.1 Å². The lowest BCUT2D eigenvalue weighted by atomic mass is 10.2. The third-order valence-corrected chi connectivity index (χ3v) is 3.00. The number of benzene rings is 1. The van der Waals surface area contributed by atoms with Crippen LogP contribution in [0.5, 0.6) is 5.75 Å². The van der Waals surface area contributed by atoms with Gasteiger partial charge in [0.15, 0.2) is 6.61 Å². The minimum atomic E-state index is -3.03. The third kappa shape index (κ3) is 4.90. The first-order chi connectivity index (χ1) is 11.0. The van der Waals surface area contributed by atoms with Crippen LogP contribution in [-0.2, 0) is 19.1 Å². The summed E-state index contributed by atoms with van der Waals surface area (Å²) >= 11 is 0. The Labute approximate surface area is 129 Å². The van der Waals surface area contributed by atoms with Crippen molar-refractivity contribution in [3.05, 3.63) is 24.3 Å². The molecule has 1 fully saturated rings. The lowest BCUT2D eigenvalue weighted by molar-refractivity contribution is -0.149. The van der Waals surface area contributed by atoms with Crippen LogP contribution < -0.4 is 15.4 Å². The molecule has 0 radical (unpaired) electrons. The molecule has 0 unspecified atom stereocenters. The molecule has 1 saturated heterocycles. The summed E-state index contributed by atoms with van der Waals surface area (Å²) in [6, 6.07) is 4.87. The van der Waals surface area contributed by atoms with Crippen LogP contribution in [0.4, 0.5) is 14.5 Å². The SMILES string of the molecule is O=C(COC(=O)[C@H]1CCC(=O)N1)Nc1ccccc1OC(F)F. The Morgan fingerprint density at radius 3 is 2.74 bits per heavy atom. The zero-order valence-corrected chi connectivity index (χ0v) is 11.9. The highest BCUT2D eigenvalue weighted by Gasteiger charge is 2.28. The molecule has 0 bridgehead atoms. The van der Waals surface area contributed by atoms with Crippen LogP contribution in [0.25, 0.3) is 0 Å². The second kappa shape index (κ2) is 7.52. The summed E-state index contributed by atoms with van der Waals surface area (Å²) in [6.07, 6.45) is 0.536. The smallest absolute Gasteiger partial charge is 0.387 e. The predicted molar refractivity (Wildman–Crippen MR) is 73.8 cm³/mol. The molecular weight excluding hydrogens is 314 g/mol. The topological polar surface area (TPSA) is 93.7 Å². The normalized spacial score (nSPS) is 16.8. The number of anilines is 1. The van der Waals surface area contributed by atoms with E-state index in [-0.39, 0.29) is 23.8 Å². The lowest BCUT2D eigenvalue weighted by Gasteiger charge is -2.13. The number of carbonyl (C=O) groups excluding carboxylic acids is 3. The number of rotatable bonds is 6. The van der Waals surface area contributed by atoms with Crippen LogP contribution in [0.15, 0.2) is 24.3 Å². The molecule has 2 N–H and O–H groups in total. The van der Waals surface area contributed by atoms with E-state index >= 15 is 0 Å². The first-order valence-corrected chi connectivity index (χ1v) is 6.75. The van der Waals surface area contributed by atoms with Gasteiger partial charge in [0.1, 0.15) is 11.8 Å². The zero-order valence-electron chi connectivity index (χ0n) is 11.9. The molecule has 2 amide bonds. The van der Waals surface area contributed by atoms with Crippen molar-refractivity contribution in [1.29, 1.82) is 0 Å². The number of carbonyl (C=O) groups is 3. The molecule has 124 valence electrons. The summed E-state index contributed by atoms with van der Waals surface area (Å²) in [7, 11) is 0. The van der Waals surface area contributed by atoms with E-state index in [0.29, 0.717) is 6.42 Å². The van der Waals surface area contributed by atoms with E-state index in [4.69, 9.17) is 4.74 Å². The van der Waals surface area contributed by atoms with Crippen LogP contribution in [0.2, 0.25) is 0 Å². The van der Waals surface area contributed by atoms with E-state index < -0.39 is 31.1 Å². The molecular formula is C14H14F2N2O5. The average molecular weight is 328 g/mol. The van der Waals surface area contributed by atoms with Gasteiger partial charge in [0.05, 0.1) is 5.69 Å². The number of esters is 1. The van der Waals surface area contributed by atoms with Crippen molar-refractivity contribution in [3.63, 3.8) is 0 Å². The fourth-order valence-corrected chi connectivity index (χ4v) is 1.98. The van der Waals surface area contributed by atoms with E-state index in [1.807, 2.05) is 0 Å². The summed E-state index contributed by atoms with van der Waals surface area (Å²) in [5.41, 5.74) is 0.0306. The van der Waals surface area contributed by atoms with Gasteiger partial charge in [-0.15, -0.1) is 0 Å². The first kappa shape index (κ1) is 16.7. The third-order valence-electron chi connectivity index (χ3n) is 3.00. The van der Waals surface area contributed by atoms with Gasteiger partial charge >= 0.3 is 12.6 Å². The Bertz CT molecular complexity index is 609. The van der Waals surface area contributed by atoms with Gasteiger partial charge in [-0.05, 0) is 18.6 Å². The van der Waals surface area contributed by atoms with Gasteiger partial charge in [-0.2, -0.15) is 8.78 Å². The van der Waals surface area contributed by atoms with Gasteiger partial charge in [0.2, 0.25) is 5.91 Å². The maximum Gasteiger partial charge on any atom is 0.387 e. The molecule has 1 heterocycles. The van der Waals surface area contributed by atoms with Crippen molar-refractivity contribution in [2.24, 2.45) is 0 Å². The van der Waals surface area contributed by atoms with E-state index in [0.717, 1.165) is 0 Å². The van der Waals surface area contributed by atoms with Gasteiger partial charge in [-0.25, -0.2) is 4.79 Å². The number of nitrogens with one attached hydrogen (secondary N) is 2. The number of hydrogen-bond donors (Lipinski definition) is 2. The average Bonchev–Trinajstić information content (AvgIpc) is 2.93. The Hall–Kier alpha value is -2.71. The molecule has 0 aromatic heterocycles. The summed E-state index contributed by atoms with van der Waals surface area (Å²) in [4.78, 5) is 34.3. The molecule has 0 saturated carbocycles. The Morgan fingerprint density at radius 1 is 1.35 bits per heavy atom. The summed E-state index contributed by atoms with van der Waals surface area (Å²) in [5.74, 6) is -1.89. The van der Waals surface area contributed by atoms with E-state index in [1.54, 1.807) is 0 Å². The van der Waals surface area contributed by atoms with Crippen molar-refractivity contribution < 1.29 is 32.6 Å². The van der Waals surface area contributed by atoms with Crippen LogP contribution in [0.3, 0.4) is 0 Å². The van der Waals surface area contributed by atoms with Crippen molar-refractivity contribution in [2.75, 3.05) is 11.9 Å². The number of amides is 2. The monoisotopic (exact) mass is 328 g/mol. The minimum absolute atomic E-state index is 0.0306. The maximum absolute atomic E-state index is 12.3. The quantitative estimate of drug-likeness (QED) is 0.761. The number of alkyl halides is 2. The number of halogens is 2. The van der Waals surface area contributed by atoms with Crippen molar-refractivity contribution >= 4 is 23.5 Å². The molecule has 9 heteroatoms. The maximum atomic E-state index is 12.3. The van der Waals surface area contributed by atoms with Gasteiger partial charge < -0.3 is 20.1 Å². The van der Waals surface area contributed by atoms with Crippen LogP contribution >= 0.6 is 0 Å². The summed E-state index contributed by atoms with van der Waals surface area (Å²) in [6.45, 7) is -3.63. The molecule has 1 aromatic carbocycles. The second-order valence-electron chi connectivity index (χ2n) is 4.69. The molecule has 1 aliphatic rings. The van der Waals surface area contributed by atoms with E-state index in [9.17, 15) is 23.2 Å². The van der Waals surface area contributed by atoms with Gasteiger partial charge in [0, 0.05) is 6.42 Å². The number of hydrogen-bond acceptors (Lipinski definition) is 5. The van der Waals surface area contributed by atoms with Crippen LogP contribution in [0.1, 0.15) is 12.8 Å². The van der Waals surface area contributed by atoms with Gasteiger partial charge in [-0.3, -0.25) is 9.59 Å². The second-order valence-corrected chi connectivity index (χ2v) is 4.69. The molecule has 0 aliphatic carbocycles. The molecule has 0 spiro atoms. The van der Waals surface area contributed by atoms with Crippen molar-refractivity contribution in [1.82, 2.24) is 5.32 Å². The number of para-hydroxylation sites is 2. The molecule has 23 heavy (non-hydrogen) atoms. The highest BCUT2D eigenvalue weighted by Crippen LogP contribution is 2.25. The largest absolute Gasteiger partial charge is 0.454 e. The highest BCUT2D eigenvalue weighted by molar-refractivity contribution is 5.95. The Kier molecular flexibility index (Phi) is 5.45. The van der Waals surface area contributed by atoms with Crippen LogP contribution in [-0.4, -0.2) is 37.0 Å². The molecule has 1 aliphatic heterocycles. The van der Waals surface area contributed by atoms with Crippen molar-refractivity contribution in [3.8, 4) is 5.75 Å². The highest BCUT2D eigenvalue weighted by atomic mass is 19.3. The Morgan fingerprint density at radius 2 is 2.09 bits per heavy atom. The first-order valence-electron chi connectivity index (χ1n) is 6.75. The zero-order chi connectivity index (χ0) is 16.8. The Balaban J connectivity index is 1.85. The number of ether oxygens (including phenoxy) is 2. The van der Waals surface area contributed by atoms with Crippen molar-refractivity contribution in [2.45, 2.75) is 25.5 Å². The fraction of sp³-hybridized carbons (Fsp3) is 0.357. The standard InChI is InChI=1S/C14H14F2N2O5/c15-14(16)23-10-4-2-1-3-8(10)17-12(20)7-22-13(21)9-5-6-11(19)18-9/h1-4,9,14H,5-7H2,(H,17,20)(H,18,19)/t9-/m1/s1. The van der Waals surface area contributed by atoms with Gasteiger partial charge in [0.25, 0.3) is 5.91 Å². The fourth-order valence-electron chi connectivity index (χ4n) is 1.98. The molecule has 2 rings (SSSR count). The lowest BCUT2D eigenvalue weighted by Crippen LogP contribution is -2.36. The predicted octanol–water partition coefficient (Wildman–Crippen LogP) is 1.05. The van der Waals surface area contributed by atoms with E-state index in [1.165, 1.54) is 24.3 Å². The molecule has 1 aromatic rings. The summed E-state index contributed by atoms with van der Waals surface area (Å²) in [5, 5.41) is 4.72.